The molecule has 0 saturated carbocycles. The summed E-state index contributed by atoms with van der Waals surface area (Å²) in [6, 6.07) is 6.67. The molecule has 140 valence electrons. The van der Waals surface area contributed by atoms with Crippen LogP contribution in [0.15, 0.2) is 24.3 Å². The predicted molar refractivity (Wildman–Crippen MR) is 99.9 cm³/mol. The maximum atomic E-state index is 11.7. The molecule has 1 aromatic rings. The molecule has 5 heteroatoms. The molecule has 0 radical (unpaired) electrons. The van der Waals surface area contributed by atoms with E-state index in [0.717, 1.165) is 12.8 Å². The van der Waals surface area contributed by atoms with Gasteiger partial charge in [0.2, 0.25) is 0 Å². The Kier molecular flexibility index (Phi) is 11.8. The zero-order chi connectivity index (χ0) is 18.3. The molecule has 0 unspecified atom stereocenters. The summed E-state index contributed by atoms with van der Waals surface area (Å²) in [5.74, 6) is -0.206. The Morgan fingerprint density at radius 1 is 0.920 bits per heavy atom. The highest BCUT2D eigenvalue weighted by Crippen LogP contribution is 2.17. The van der Waals surface area contributed by atoms with Gasteiger partial charge in [-0.2, -0.15) is 0 Å². The van der Waals surface area contributed by atoms with Gasteiger partial charge in [0.05, 0.1) is 6.61 Å². The van der Waals surface area contributed by atoms with E-state index < -0.39 is 0 Å². The third-order valence-electron chi connectivity index (χ3n) is 3.80. The van der Waals surface area contributed by atoms with E-state index in [1.165, 1.54) is 32.1 Å². The normalized spacial score (nSPS) is 10.5. The Hall–Kier alpha value is -1.55. The van der Waals surface area contributed by atoms with Crippen LogP contribution in [0.3, 0.4) is 0 Å². The lowest BCUT2D eigenvalue weighted by molar-refractivity contribution is -0.144. The molecular formula is C20H29ClO4. The number of hydrogen-bond donors (Lipinski definition) is 0. The van der Waals surface area contributed by atoms with Crippen LogP contribution in [0.25, 0.3) is 0 Å². The second-order valence-corrected chi connectivity index (χ2v) is 6.56. The molecule has 0 fully saturated rings. The standard InChI is InChI=1S/C20H29ClO4/c1-2-3-4-5-6-7-8-15-24-19(22)13-10-14-20(23)25-18-12-9-11-17(21)16-18/h9,11-12,16H,2-8,10,13-15H2,1H3. The van der Waals surface area contributed by atoms with Crippen molar-refractivity contribution in [3.63, 3.8) is 0 Å². The maximum absolute atomic E-state index is 11.7. The van der Waals surface area contributed by atoms with Crippen LogP contribution < -0.4 is 4.74 Å². The summed E-state index contributed by atoms with van der Waals surface area (Å²) >= 11 is 5.82. The Bertz CT molecular complexity index is 516. The fraction of sp³-hybridized carbons (Fsp3) is 0.600. The van der Waals surface area contributed by atoms with Gasteiger partial charge in [-0.15, -0.1) is 0 Å². The van der Waals surface area contributed by atoms with Crippen LogP contribution in [0.4, 0.5) is 0 Å². The van der Waals surface area contributed by atoms with Crippen molar-refractivity contribution in [3.8, 4) is 5.75 Å². The van der Waals surface area contributed by atoms with Gasteiger partial charge >= 0.3 is 11.9 Å². The SMILES string of the molecule is CCCCCCCCCOC(=O)CCCC(=O)Oc1cccc(Cl)c1. The summed E-state index contributed by atoms with van der Waals surface area (Å²) in [6.07, 6.45) is 9.16. The van der Waals surface area contributed by atoms with Gasteiger partial charge in [-0.25, -0.2) is 0 Å². The Labute approximate surface area is 155 Å². The Morgan fingerprint density at radius 3 is 2.32 bits per heavy atom. The van der Waals surface area contributed by atoms with Gasteiger partial charge < -0.3 is 9.47 Å². The number of carbonyl (C=O) groups is 2. The van der Waals surface area contributed by atoms with E-state index in [4.69, 9.17) is 21.1 Å². The third kappa shape index (κ3) is 11.6. The molecule has 25 heavy (non-hydrogen) atoms. The topological polar surface area (TPSA) is 52.6 Å². The van der Waals surface area contributed by atoms with Gasteiger partial charge in [0.25, 0.3) is 0 Å². The summed E-state index contributed by atoms with van der Waals surface area (Å²) in [4.78, 5) is 23.3. The van der Waals surface area contributed by atoms with Crippen molar-refractivity contribution in [2.45, 2.75) is 71.1 Å². The van der Waals surface area contributed by atoms with Crippen molar-refractivity contribution in [3.05, 3.63) is 29.3 Å². The van der Waals surface area contributed by atoms with Gasteiger partial charge in [-0.05, 0) is 31.0 Å². The van der Waals surface area contributed by atoms with E-state index >= 15 is 0 Å². The monoisotopic (exact) mass is 368 g/mol. The van der Waals surface area contributed by atoms with Crippen LogP contribution in [0.1, 0.15) is 71.1 Å². The average molecular weight is 369 g/mol. The first-order chi connectivity index (χ1) is 12.1. The lowest BCUT2D eigenvalue weighted by Gasteiger charge is -2.06. The largest absolute Gasteiger partial charge is 0.466 e. The molecular weight excluding hydrogens is 340 g/mol. The number of ether oxygens (including phenoxy) is 2. The fourth-order valence-corrected chi connectivity index (χ4v) is 2.59. The van der Waals surface area contributed by atoms with Crippen LogP contribution in [-0.2, 0) is 14.3 Å². The zero-order valence-electron chi connectivity index (χ0n) is 15.1. The summed E-state index contributed by atoms with van der Waals surface area (Å²) in [5.41, 5.74) is 0. The molecule has 4 nitrogen and oxygen atoms in total. The van der Waals surface area contributed by atoms with Crippen LogP contribution in [-0.4, -0.2) is 18.5 Å². The molecule has 0 aliphatic heterocycles. The molecule has 1 rings (SSSR count). The number of benzene rings is 1. The van der Waals surface area contributed by atoms with Crippen LogP contribution in [0, 0.1) is 0 Å². The molecule has 0 aliphatic rings. The summed E-state index contributed by atoms with van der Waals surface area (Å²) < 4.78 is 10.3. The van der Waals surface area contributed by atoms with Crippen LogP contribution in [0.2, 0.25) is 5.02 Å². The molecule has 0 bridgehead atoms. The molecule has 0 N–H and O–H groups in total. The van der Waals surface area contributed by atoms with Crippen molar-refractivity contribution in [2.75, 3.05) is 6.61 Å². The van der Waals surface area contributed by atoms with E-state index in [2.05, 4.69) is 6.92 Å². The summed E-state index contributed by atoms with van der Waals surface area (Å²) in [5, 5.41) is 0.513. The number of hydrogen-bond acceptors (Lipinski definition) is 4. The highest BCUT2D eigenvalue weighted by atomic mass is 35.5. The van der Waals surface area contributed by atoms with E-state index in [1.807, 2.05) is 0 Å². The van der Waals surface area contributed by atoms with Crippen molar-refractivity contribution in [1.29, 1.82) is 0 Å². The minimum Gasteiger partial charge on any atom is -0.466 e. The third-order valence-corrected chi connectivity index (χ3v) is 4.04. The minimum atomic E-state index is -0.373. The highest BCUT2D eigenvalue weighted by molar-refractivity contribution is 6.30. The molecule has 0 aromatic heterocycles. The molecule has 1 aromatic carbocycles. The predicted octanol–water partition coefficient (Wildman–Crippen LogP) is 5.71. The first-order valence-corrected chi connectivity index (χ1v) is 9.61. The van der Waals surface area contributed by atoms with E-state index in [9.17, 15) is 9.59 Å². The number of esters is 2. The van der Waals surface area contributed by atoms with E-state index in [1.54, 1.807) is 24.3 Å². The summed E-state index contributed by atoms with van der Waals surface area (Å²) in [6.45, 7) is 2.68. The van der Waals surface area contributed by atoms with Crippen molar-refractivity contribution in [2.24, 2.45) is 0 Å². The van der Waals surface area contributed by atoms with Crippen molar-refractivity contribution in [1.82, 2.24) is 0 Å². The van der Waals surface area contributed by atoms with Gasteiger partial charge in [-0.1, -0.05) is 63.1 Å². The molecule has 0 spiro atoms. The summed E-state index contributed by atoms with van der Waals surface area (Å²) in [7, 11) is 0. The number of unbranched alkanes of at least 4 members (excludes halogenated alkanes) is 6. The lowest BCUT2D eigenvalue weighted by Crippen LogP contribution is -2.10. The zero-order valence-corrected chi connectivity index (χ0v) is 15.9. The number of rotatable bonds is 13. The average Bonchev–Trinajstić information content (AvgIpc) is 2.57. The van der Waals surface area contributed by atoms with Gasteiger partial charge in [0.1, 0.15) is 5.75 Å². The second-order valence-electron chi connectivity index (χ2n) is 6.13. The van der Waals surface area contributed by atoms with Gasteiger partial charge in [-0.3, -0.25) is 9.59 Å². The van der Waals surface area contributed by atoms with Gasteiger partial charge in [0, 0.05) is 17.9 Å². The minimum absolute atomic E-state index is 0.180. The van der Waals surface area contributed by atoms with Crippen LogP contribution in [0.5, 0.6) is 5.75 Å². The molecule has 0 saturated heterocycles. The lowest BCUT2D eigenvalue weighted by atomic mass is 10.1. The Morgan fingerprint density at radius 2 is 1.60 bits per heavy atom. The van der Waals surface area contributed by atoms with Gasteiger partial charge in [0.15, 0.2) is 0 Å². The van der Waals surface area contributed by atoms with E-state index in [0.29, 0.717) is 23.8 Å². The second kappa shape index (κ2) is 13.7. The quantitative estimate of drug-likeness (QED) is 0.254. The molecule has 0 aliphatic carbocycles. The fourth-order valence-electron chi connectivity index (χ4n) is 2.41. The maximum Gasteiger partial charge on any atom is 0.311 e. The number of halogens is 1. The van der Waals surface area contributed by atoms with Crippen LogP contribution >= 0.6 is 11.6 Å². The first-order valence-electron chi connectivity index (χ1n) is 9.23. The Balaban J connectivity index is 2.00. The number of carbonyl (C=O) groups excluding carboxylic acids is 2. The van der Waals surface area contributed by atoms with E-state index in [-0.39, 0.29) is 24.8 Å². The molecule has 0 amide bonds. The van der Waals surface area contributed by atoms with Crippen molar-refractivity contribution >= 4 is 23.5 Å². The molecule has 0 heterocycles. The first kappa shape index (κ1) is 21.5. The van der Waals surface area contributed by atoms with Crippen molar-refractivity contribution < 1.29 is 19.1 Å². The smallest absolute Gasteiger partial charge is 0.311 e. The molecule has 0 atom stereocenters. The highest BCUT2D eigenvalue weighted by Gasteiger charge is 2.08.